The monoisotopic (exact) mass is 361 g/mol. The van der Waals surface area contributed by atoms with Gasteiger partial charge in [-0.05, 0) is 35.9 Å². The molecule has 6 heteroatoms. The maximum atomic E-state index is 11.7. The van der Waals surface area contributed by atoms with E-state index >= 15 is 0 Å². The Balaban J connectivity index is 1.81. The van der Waals surface area contributed by atoms with Gasteiger partial charge in [0.1, 0.15) is 5.75 Å². The summed E-state index contributed by atoms with van der Waals surface area (Å²) in [7, 11) is 1.60. The van der Waals surface area contributed by atoms with Crippen molar-refractivity contribution < 1.29 is 9.53 Å². The largest absolute Gasteiger partial charge is 0.497 e. The SMILES string of the molecule is COc1cccc(/C=N\NC(=O)CNc2cccc(Br)c2)c1. The first kappa shape index (κ1) is 16.0. The average molecular weight is 362 g/mol. The van der Waals surface area contributed by atoms with E-state index in [0.29, 0.717) is 0 Å². The predicted octanol–water partition coefficient (Wildman–Crippen LogP) is 3.02. The third-order valence-electron chi connectivity index (χ3n) is 2.77. The number of carbonyl (C=O) groups excluding carboxylic acids is 1. The van der Waals surface area contributed by atoms with Gasteiger partial charge in [0, 0.05) is 10.2 Å². The minimum absolute atomic E-state index is 0.145. The number of nitrogens with zero attached hydrogens (tertiary/aromatic N) is 1. The quantitative estimate of drug-likeness (QED) is 0.613. The number of benzene rings is 2. The first-order valence-corrected chi connectivity index (χ1v) is 7.42. The fourth-order valence-corrected chi connectivity index (χ4v) is 2.12. The molecule has 22 heavy (non-hydrogen) atoms. The van der Waals surface area contributed by atoms with Gasteiger partial charge in [0.05, 0.1) is 19.9 Å². The summed E-state index contributed by atoms with van der Waals surface area (Å²) in [6.07, 6.45) is 1.57. The van der Waals surface area contributed by atoms with Crippen LogP contribution in [0.1, 0.15) is 5.56 Å². The highest BCUT2D eigenvalue weighted by Crippen LogP contribution is 2.15. The van der Waals surface area contributed by atoms with Crippen LogP contribution in [0.4, 0.5) is 5.69 Å². The van der Waals surface area contributed by atoms with E-state index in [4.69, 9.17) is 4.74 Å². The third-order valence-corrected chi connectivity index (χ3v) is 3.27. The van der Waals surface area contributed by atoms with Gasteiger partial charge in [-0.15, -0.1) is 0 Å². The van der Waals surface area contributed by atoms with E-state index in [0.717, 1.165) is 21.5 Å². The van der Waals surface area contributed by atoms with Gasteiger partial charge in [-0.3, -0.25) is 4.79 Å². The second-order valence-corrected chi connectivity index (χ2v) is 5.35. The van der Waals surface area contributed by atoms with Crippen LogP contribution in [0.5, 0.6) is 5.75 Å². The van der Waals surface area contributed by atoms with Crippen molar-refractivity contribution in [3.63, 3.8) is 0 Å². The van der Waals surface area contributed by atoms with E-state index in [2.05, 4.69) is 31.8 Å². The van der Waals surface area contributed by atoms with E-state index in [-0.39, 0.29) is 12.5 Å². The van der Waals surface area contributed by atoms with Gasteiger partial charge >= 0.3 is 0 Å². The summed E-state index contributed by atoms with van der Waals surface area (Å²) in [6, 6.07) is 15.0. The standard InChI is InChI=1S/C16H16BrN3O2/c1-22-15-7-2-4-12(8-15)10-19-20-16(21)11-18-14-6-3-5-13(17)9-14/h2-10,18H,11H2,1H3,(H,20,21)/b19-10-. The Bertz CT molecular complexity index is 674. The summed E-state index contributed by atoms with van der Waals surface area (Å²) in [5.41, 5.74) is 4.18. The number of anilines is 1. The molecule has 2 rings (SSSR count). The molecule has 114 valence electrons. The maximum Gasteiger partial charge on any atom is 0.259 e. The zero-order chi connectivity index (χ0) is 15.8. The van der Waals surface area contributed by atoms with Crippen LogP contribution < -0.4 is 15.5 Å². The first-order chi connectivity index (χ1) is 10.7. The molecule has 0 aliphatic heterocycles. The summed E-state index contributed by atoms with van der Waals surface area (Å²) in [4.78, 5) is 11.7. The molecule has 0 heterocycles. The molecule has 0 unspecified atom stereocenters. The number of rotatable bonds is 6. The van der Waals surface area contributed by atoms with Crippen LogP contribution in [0, 0.1) is 0 Å². The molecule has 0 saturated carbocycles. The molecule has 1 amide bonds. The van der Waals surface area contributed by atoms with Gasteiger partial charge in [-0.1, -0.05) is 34.1 Å². The Hall–Kier alpha value is -2.34. The number of hydrogen-bond acceptors (Lipinski definition) is 4. The molecule has 0 radical (unpaired) electrons. The fraction of sp³-hybridized carbons (Fsp3) is 0.125. The number of methoxy groups -OCH3 is 1. The van der Waals surface area contributed by atoms with Gasteiger partial charge in [-0.2, -0.15) is 5.10 Å². The molecule has 0 spiro atoms. The van der Waals surface area contributed by atoms with Crippen LogP contribution in [-0.4, -0.2) is 25.8 Å². The maximum absolute atomic E-state index is 11.7. The van der Waals surface area contributed by atoms with Crippen molar-refractivity contribution >= 4 is 33.7 Å². The molecule has 2 aromatic carbocycles. The molecule has 5 nitrogen and oxygen atoms in total. The molecule has 0 aromatic heterocycles. The van der Waals surface area contributed by atoms with E-state index in [1.807, 2.05) is 48.5 Å². The minimum Gasteiger partial charge on any atom is -0.497 e. The number of carbonyl (C=O) groups is 1. The van der Waals surface area contributed by atoms with Gasteiger partial charge in [0.25, 0.3) is 5.91 Å². The van der Waals surface area contributed by atoms with E-state index in [1.165, 1.54) is 0 Å². The van der Waals surface area contributed by atoms with Crippen LogP contribution >= 0.6 is 15.9 Å². The number of hydrazone groups is 1. The number of amides is 1. The molecule has 2 aromatic rings. The topological polar surface area (TPSA) is 62.7 Å². The number of hydrogen-bond donors (Lipinski definition) is 2. The Morgan fingerprint density at radius 2 is 2.09 bits per heavy atom. The second kappa shape index (κ2) is 8.19. The lowest BCUT2D eigenvalue weighted by Gasteiger charge is -2.05. The lowest BCUT2D eigenvalue weighted by Crippen LogP contribution is -2.25. The van der Waals surface area contributed by atoms with Gasteiger partial charge in [-0.25, -0.2) is 5.43 Å². The molecule has 0 bridgehead atoms. The zero-order valence-corrected chi connectivity index (χ0v) is 13.6. The molecular formula is C16H16BrN3O2. The highest BCUT2D eigenvalue weighted by atomic mass is 79.9. The molecule has 0 aliphatic rings. The normalized spacial score (nSPS) is 10.5. The Kier molecular flexibility index (Phi) is 5.97. The number of halogens is 1. The van der Waals surface area contributed by atoms with E-state index in [1.54, 1.807) is 13.3 Å². The number of ether oxygens (including phenoxy) is 1. The molecule has 0 fully saturated rings. The average Bonchev–Trinajstić information content (AvgIpc) is 2.53. The third kappa shape index (κ3) is 5.21. The van der Waals surface area contributed by atoms with Gasteiger partial charge < -0.3 is 10.1 Å². The van der Waals surface area contributed by atoms with E-state index in [9.17, 15) is 4.79 Å². The van der Waals surface area contributed by atoms with Crippen molar-refractivity contribution in [2.24, 2.45) is 5.10 Å². The molecular weight excluding hydrogens is 346 g/mol. The van der Waals surface area contributed by atoms with Crippen LogP contribution in [0.15, 0.2) is 58.1 Å². The Labute approximate surface area is 137 Å². The van der Waals surface area contributed by atoms with Crippen LogP contribution in [0.25, 0.3) is 0 Å². The van der Waals surface area contributed by atoms with Crippen molar-refractivity contribution in [2.75, 3.05) is 19.0 Å². The van der Waals surface area contributed by atoms with Crippen LogP contribution in [0.2, 0.25) is 0 Å². The Morgan fingerprint density at radius 3 is 2.86 bits per heavy atom. The molecule has 0 aliphatic carbocycles. The predicted molar refractivity (Wildman–Crippen MR) is 91.4 cm³/mol. The summed E-state index contributed by atoms with van der Waals surface area (Å²) >= 11 is 3.37. The van der Waals surface area contributed by atoms with Crippen LogP contribution in [-0.2, 0) is 4.79 Å². The van der Waals surface area contributed by atoms with Crippen molar-refractivity contribution in [1.29, 1.82) is 0 Å². The van der Waals surface area contributed by atoms with Crippen molar-refractivity contribution in [3.05, 3.63) is 58.6 Å². The highest BCUT2D eigenvalue weighted by Gasteiger charge is 2.00. The highest BCUT2D eigenvalue weighted by molar-refractivity contribution is 9.10. The summed E-state index contributed by atoms with van der Waals surface area (Å²) in [5, 5.41) is 6.93. The fourth-order valence-electron chi connectivity index (χ4n) is 1.72. The van der Waals surface area contributed by atoms with E-state index < -0.39 is 0 Å². The van der Waals surface area contributed by atoms with Crippen molar-refractivity contribution in [2.45, 2.75) is 0 Å². The molecule has 2 N–H and O–H groups in total. The number of nitrogens with one attached hydrogen (secondary N) is 2. The Morgan fingerprint density at radius 1 is 1.27 bits per heavy atom. The van der Waals surface area contributed by atoms with Crippen molar-refractivity contribution in [1.82, 2.24) is 5.43 Å². The summed E-state index contributed by atoms with van der Waals surface area (Å²) in [6.45, 7) is 0.145. The smallest absolute Gasteiger partial charge is 0.259 e. The van der Waals surface area contributed by atoms with Gasteiger partial charge in [0.15, 0.2) is 0 Å². The minimum atomic E-state index is -0.223. The van der Waals surface area contributed by atoms with Gasteiger partial charge in [0.2, 0.25) is 0 Å². The molecule has 0 atom stereocenters. The first-order valence-electron chi connectivity index (χ1n) is 6.63. The zero-order valence-electron chi connectivity index (χ0n) is 12.0. The van der Waals surface area contributed by atoms with Crippen molar-refractivity contribution in [3.8, 4) is 5.75 Å². The lowest BCUT2D eigenvalue weighted by molar-refractivity contribution is -0.119. The lowest BCUT2D eigenvalue weighted by atomic mass is 10.2. The van der Waals surface area contributed by atoms with Crippen LogP contribution in [0.3, 0.4) is 0 Å². The second-order valence-electron chi connectivity index (χ2n) is 4.43. The summed E-state index contributed by atoms with van der Waals surface area (Å²) in [5.74, 6) is 0.519. The summed E-state index contributed by atoms with van der Waals surface area (Å²) < 4.78 is 6.07. The molecule has 0 saturated heterocycles.